The van der Waals surface area contributed by atoms with Gasteiger partial charge in [-0.1, -0.05) is 0 Å². The highest BCUT2D eigenvalue weighted by Gasteiger charge is 2.50. The van der Waals surface area contributed by atoms with Gasteiger partial charge in [0.25, 0.3) is 0 Å². The number of ether oxygens (including phenoxy) is 1. The van der Waals surface area contributed by atoms with Crippen molar-refractivity contribution >= 4 is 15.9 Å². The van der Waals surface area contributed by atoms with Crippen molar-refractivity contribution in [1.82, 2.24) is 0 Å². The maximum absolute atomic E-state index is 10.5. The lowest BCUT2D eigenvalue weighted by molar-refractivity contribution is -0.0899. The molecule has 2 heterocycles. The molecule has 17 heavy (non-hydrogen) atoms. The Hall–Kier alpha value is -0.320. The van der Waals surface area contributed by atoms with Crippen molar-refractivity contribution in [2.24, 2.45) is 5.92 Å². The minimum absolute atomic E-state index is 0.0277. The summed E-state index contributed by atoms with van der Waals surface area (Å²) in [5.41, 5.74) is -0.552. The Morgan fingerprint density at radius 1 is 1.41 bits per heavy atom. The summed E-state index contributed by atoms with van der Waals surface area (Å²) in [6.45, 7) is 8.15. The minimum atomic E-state index is -0.642. The van der Waals surface area contributed by atoms with E-state index in [-0.39, 0.29) is 17.1 Å². The summed E-state index contributed by atoms with van der Waals surface area (Å²) in [7, 11) is 0. The van der Waals surface area contributed by atoms with Crippen molar-refractivity contribution in [3.05, 3.63) is 22.6 Å². The zero-order valence-electron chi connectivity index (χ0n) is 10.7. The second-order valence-electron chi connectivity index (χ2n) is 5.85. The third-order valence-corrected chi connectivity index (χ3v) is 4.09. The lowest BCUT2D eigenvalue weighted by Gasteiger charge is -2.29. The number of halogens is 1. The molecule has 0 amide bonds. The lowest BCUT2D eigenvalue weighted by Crippen LogP contribution is -2.32. The first-order valence-electron chi connectivity index (χ1n) is 5.84. The van der Waals surface area contributed by atoms with Crippen LogP contribution < -0.4 is 0 Å². The zero-order chi connectivity index (χ0) is 12.8. The second-order valence-corrected chi connectivity index (χ2v) is 6.71. The average molecular weight is 303 g/mol. The number of hydrogen-bond donors (Lipinski definition) is 1. The van der Waals surface area contributed by atoms with Crippen LogP contribution in [0.2, 0.25) is 0 Å². The molecular formula is C13H19BrO3. The number of rotatable bonds is 2. The molecule has 0 aliphatic carbocycles. The van der Waals surface area contributed by atoms with Gasteiger partial charge in [-0.2, -0.15) is 0 Å². The average Bonchev–Trinajstić information content (AvgIpc) is 2.66. The van der Waals surface area contributed by atoms with Gasteiger partial charge in [-0.25, -0.2) is 0 Å². The van der Waals surface area contributed by atoms with Crippen LogP contribution in [0.5, 0.6) is 0 Å². The molecule has 0 bridgehead atoms. The fourth-order valence-corrected chi connectivity index (χ4v) is 3.23. The molecule has 0 spiro atoms. The van der Waals surface area contributed by atoms with E-state index in [9.17, 15) is 5.11 Å². The van der Waals surface area contributed by atoms with Crippen LogP contribution in [-0.4, -0.2) is 16.3 Å². The first-order valence-corrected chi connectivity index (χ1v) is 6.63. The highest BCUT2D eigenvalue weighted by Crippen LogP contribution is 2.48. The van der Waals surface area contributed by atoms with Gasteiger partial charge >= 0.3 is 0 Å². The van der Waals surface area contributed by atoms with E-state index in [0.717, 1.165) is 10.9 Å². The molecule has 2 rings (SSSR count). The van der Waals surface area contributed by atoms with Crippen LogP contribution in [0.25, 0.3) is 0 Å². The highest BCUT2D eigenvalue weighted by molar-refractivity contribution is 9.10. The molecule has 4 heteroatoms. The Morgan fingerprint density at radius 2 is 2.06 bits per heavy atom. The van der Waals surface area contributed by atoms with E-state index >= 15 is 0 Å². The van der Waals surface area contributed by atoms with Crippen LogP contribution in [0.15, 0.2) is 21.2 Å². The zero-order valence-corrected chi connectivity index (χ0v) is 12.2. The third kappa shape index (κ3) is 2.44. The van der Waals surface area contributed by atoms with Gasteiger partial charge in [0.1, 0.15) is 11.9 Å². The summed E-state index contributed by atoms with van der Waals surface area (Å²) in [4.78, 5) is 0. The topological polar surface area (TPSA) is 42.6 Å². The Labute approximate surface area is 110 Å². The molecule has 3 nitrogen and oxygen atoms in total. The monoisotopic (exact) mass is 302 g/mol. The largest absolute Gasteiger partial charge is 0.465 e. The molecule has 0 aromatic carbocycles. The Bertz CT molecular complexity index is 409. The van der Waals surface area contributed by atoms with Crippen LogP contribution in [0, 0.1) is 5.92 Å². The number of aliphatic hydroxyl groups is 1. The van der Waals surface area contributed by atoms with Gasteiger partial charge in [0.2, 0.25) is 0 Å². The standard InChI is InChI=1S/C13H19BrO3/c1-12(2)7-8(13(3,4)17-12)10(15)11-9(14)5-6-16-11/h5-6,8,10,15H,7H2,1-4H3. The third-order valence-electron chi connectivity index (χ3n) is 3.44. The van der Waals surface area contributed by atoms with Gasteiger partial charge in [-0.15, -0.1) is 0 Å². The lowest BCUT2D eigenvalue weighted by atomic mass is 9.82. The van der Waals surface area contributed by atoms with Crippen molar-refractivity contribution < 1.29 is 14.3 Å². The van der Waals surface area contributed by atoms with E-state index in [4.69, 9.17) is 9.15 Å². The molecule has 2 atom stereocenters. The summed E-state index contributed by atoms with van der Waals surface area (Å²) >= 11 is 3.39. The van der Waals surface area contributed by atoms with Gasteiger partial charge in [0.15, 0.2) is 0 Å². The highest BCUT2D eigenvalue weighted by atomic mass is 79.9. The summed E-state index contributed by atoms with van der Waals surface area (Å²) in [6.07, 6.45) is 1.75. The summed E-state index contributed by atoms with van der Waals surface area (Å²) in [5.74, 6) is 0.615. The molecule has 1 N–H and O–H groups in total. The molecule has 1 saturated heterocycles. The molecule has 1 fully saturated rings. The predicted octanol–water partition coefficient (Wildman–Crippen LogP) is 3.67. The van der Waals surface area contributed by atoms with E-state index in [1.807, 2.05) is 13.8 Å². The van der Waals surface area contributed by atoms with E-state index in [1.54, 1.807) is 12.3 Å². The second kappa shape index (κ2) is 4.11. The van der Waals surface area contributed by atoms with Crippen LogP contribution in [0.3, 0.4) is 0 Å². The van der Waals surface area contributed by atoms with Crippen LogP contribution >= 0.6 is 15.9 Å². The number of furan rings is 1. The Kier molecular flexibility index (Phi) is 3.17. The normalized spacial score (nSPS) is 28.2. The summed E-state index contributed by atoms with van der Waals surface area (Å²) < 4.78 is 12.1. The maximum Gasteiger partial charge on any atom is 0.146 e. The van der Waals surface area contributed by atoms with Crippen LogP contribution in [0.1, 0.15) is 46.0 Å². The van der Waals surface area contributed by atoms with Crippen LogP contribution in [0.4, 0.5) is 0 Å². The van der Waals surface area contributed by atoms with Crippen molar-refractivity contribution in [2.75, 3.05) is 0 Å². The SMILES string of the molecule is CC1(C)CC(C(O)c2occc2Br)C(C)(C)O1. The van der Waals surface area contributed by atoms with E-state index in [1.165, 1.54) is 0 Å². The minimum Gasteiger partial charge on any atom is -0.465 e. The smallest absolute Gasteiger partial charge is 0.146 e. The molecule has 0 saturated carbocycles. The number of aliphatic hydroxyl groups excluding tert-OH is 1. The van der Waals surface area contributed by atoms with Crippen LogP contribution in [-0.2, 0) is 4.74 Å². The van der Waals surface area contributed by atoms with Crippen molar-refractivity contribution in [2.45, 2.75) is 51.4 Å². The van der Waals surface area contributed by atoms with E-state index < -0.39 is 6.10 Å². The molecule has 2 unspecified atom stereocenters. The van der Waals surface area contributed by atoms with Crippen molar-refractivity contribution in [1.29, 1.82) is 0 Å². The van der Waals surface area contributed by atoms with Gasteiger partial charge in [0.05, 0.1) is 21.9 Å². The first-order chi connectivity index (χ1) is 7.73. The van der Waals surface area contributed by atoms with Gasteiger partial charge < -0.3 is 14.3 Å². The summed E-state index contributed by atoms with van der Waals surface area (Å²) in [5, 5.41) is 10.5. The first kappa shape index (κ1) is 13.1. The molecule has 96 valence electrons. The molecule has 1 aliphatic heterocycles. The van der Waals surface area contributed by atoms with E-state index in [2.05, 4.69) is 29.8 Å². The quantitative estimate of drug-likeness (QED) is 0.906. The Balaban J connectivity index is 2.26. The van der Waals surface area contributed by atoms with Gasteiger partial charge in [0, 0.05) is 5.92 Å². The maximum atomic E-state index is 10.5. The summed E-state index contributed by atoms with van der Waals surface area (Å²) in [6, 6.07) is 1.80. The molecule has 0 radical (unpaired) electrons. The Morgan fingerprint density at radius 3 is 2.47 bits per heavy atom. The van der Waals surface area contributed by atoms with Gasteiger partial charge in [-0.3, -0.25) is 0 Å². The molecule has 1 aromatic rings. The fraction of sp³-hybridized carbons (Fsp3) is 0.692. The fourth-order valence-electron chi connectivity index (χ4n) is 2.80. The number of hydrogen-bond acceptors (Lipinski definition) is 3. The molecule has 1 aromatic heterocycles. The predicted molar refractivity (Wildman–Crippen MR) is 68.7 cm³/mol. The van der Waals surface area contributed by atoms with Crippen molar-refractivity contribution in [3.63, 3.8) is 0 Å². The van der Waals surface area contributed by atoms with Crippen molar-refractivity contribution in [3.8, 4) is 0 Å². The van der Waals surface area contributed by atoms with Gasteiger partial charge in [-0.05, 0) is 56.1 Å². The van der Waals surface area contributed by atoms with E-state index in [0.29, 0.717) is 5.76 Å². The molecular weight excluding hydrogens is 284 g/mol. The molecule has 1 aliphatic rings.